The minimum atomic E-state index is -0.283. The third kappa shape index (κ3) is 3.00. The van der Waals surface area contributed by atoms with Crippen molar-refractivity contribution >= 4 is 28.6 Å². The van der Waals surface area contributed by atoms with Crippen molar-refractivity contribution in [1.82, 2.24) is 9.97 Å². The Bertz CT molecular complexity index is 735. The van der Waals surface area contributed by atoms with Crippen LogP contribution in [-0.4, -0.2) is 21.5 Å². The summed E-state index contributed by atoms with van der Waals surface area (Å²) in [5.41, 5.74) is 8.70. The number of aryl methyl sites for hydroxylation is 1. The number of allylic oxidation sites excluding steroid dienone is 2. The minimum absolute atomic E-state index is 0.0180. The van der Waals surface area contributed by atoms with Gasteiger partial charge in [-0.25, -0.2) is 4.98 Å². The van der Waals surface area contributed by atoms with Gasteiger partial charge in [-0.3, -0.25) is 4.79 Å². The van der Waals surface area contributed by atoms with Crippen LogP contribution in [-0.2, 0) is 4.79 Å². The van der Waals surface area contributed by atoms with Gasteiger partial charge in [0.1, 0.15) is 11.6 Å². The molecular formula is C14H14N4OS. The molecule has 0 aliphatic heterocycles. The zero-order chi connectivity index (χ0) is 14.7. The van der Waals surface area contributed by atoms with Crippen LogP contribution in [0.4, 0.5) is 0 Å². The third-order valence-corrected chi connectivity index (χ3v) is 3.61. The van der Waals surface area contributed by atoms with E-state index in [1.54, 1.807) is 6.92 Å². The molecule has 5 nitrogen and oxygen atoms in total. The molecule has 6 heteroatoms. The van der Waals surface area contributed by atoms with Gasteiger partial charge < -0.3 is 10.7 Å². The zero-order valence-electron chi connectivity index (χ0n) is 11.2. The highest BCUT2D eigenvalue weighted by Gasteiger charge is 2.13. The Kier molecular flexibility index (Phi) is 4.11. The molecule has 20 heavy (non-hydrogen) atoms. The number of Topliss-reactive ketones (excluding diaryl/α,β-unsaturated/α-hetero) is 1. The number of H-pyrrole nitrogens is 1. The molecule has 3 N–H and O–H groups in total. The SMILES string of the molecule is C/C(N)=C(\C#N)C(=O)CSc1nc2ccc(C)cc2[nH]1. The Balaban J connectivity index is 2.12. The summed E-state index contributed by atoms with van der Waals surface area (Å²) in [6.45, 7) is 3.55. The maximum Gasteiger partial charge on any atom is 0.185 e. The number of aromatic amines is 1. The average Bonchev–Trinajstić information content (AvgIpc) is 2.78. The van der Waals surface area contributed by atoms with Gasteiger partial charge in [-0.05, 0) is 31.5 Å². The number of nitrogens with one attached hydrogen (secondary N) is 1. The lowest BCUT2D eigenvalue weighted by Gasteiger charge is -1.99. The molecule has 1 aromatic carbocycles. The highest BCUT2D eigenvalue weighted by molar-refractivity contribution is 7.99. The van der Waals surface area contributed by atoms with E-state index in [0.717, 1.165) is 16.6 Å². The van der Waals surface area contributed by atoms with E-state index < -0.39 is 0 Å². The summed E-state index contributed by atoms with van der Waals surface area (Å²) in [6, 6.07) is 7.74. The molecule has 0 atom stereocenters. The van der Waals surface area contributed by atoms with Crippen LogP contribution in [0.5, 0.6) is 0 Å². The largest absolute Gasteiger partial charge is 0.401 e. The van der Waals surface area contributed by atoms with Crippen molar-refractivity contribution in [1.29, 1.82) is 5.26 Å². The molecule has 102 valence electrons. The molecule has 0 bridgehead atoms. The van der Waals surface area contributed by atoms with Crippen molar-refractivity contribution in [2.75, 3.05) is 5.75 Å². The maximum atomic E-state index is 11.8. The van der Waals surface area contributed by atoms with Crippen molar-refractivity contribution in [2.45, 2.75) is 19.0 Å². The second kappa shape index (κ2) is 5.80. The number of hydrogen-bond donors (Lipinski definition) is 2. The highest BCUT2D eigenvalue weighted by Crippen LogP contribution is 2.21. The molecule has 0 saturated carbocycles. The van der Waals surface area contributed by atoms with Gasteiger partial charge in [0.05, 0.1) is 16.8 Å². The highest BCUT2D eigenvalue weighted by atomic mass is 32.2. The summed E-state index contributed by atoms with van der Waals surface area (Å²) in [5.74, 6) is -0.148. The normalized spacial score (nSPS) is 12.1. The van der Waals surface area contributed by atoms with Crippen molar-refractivity contribution < 1.29 is 4.79 Å². The lowest BCUT2D eigenvalue weighted by Crippen LogP contribution is -2.10. The Morgan fingerprint density at radius 1 is 1.55 bits per heavy atom. The van der Waals surface area contributed by atoms with Crippen LogP contribution < -0.4 is 5.73 Å². The Morgan fingerprint density at radius 3 is 2.95 bits per heavy atom. The van der Waals surface area contributed by atoms with Gasteiger partial charge in [-0.2, -0.15) is 5.26 Å². The van der Waals surface area contributed by atoms with E-state index in [-0.39, 0.29) is 22.8 Å². The molecular weight excluding hydrogens is 272 g/mol. The first kappa shape index (κ1) is 14.2. The fraction of sp³-hybridized carbons (Fsp3) is 0.214. The monoisotopic (exact) mass is 286 g/mol. The fourth-order valence-corrected chi connectivity index (χ4v) is 2.50. The molecule has 0 radical (unpaired) electrons. The average molecular weight is 286 g/mol. The summed E-state index contributed by atoms with van der Waals surface area (Å²) in [4.78, 5) is 19.4. The second-order valence-corrected chi connectivity index (χ2v) is 5.41. The predicted molar refractivity (Wildman–Crippen MR) is 79.1 cm³/mol. The predicted octanol–water partition coefficient (Wildman–Crippen LogP) is 2.29. The van der Waals surface area contributed by atoms with E-state index in [2.05, 4.69) is 9.97 Å². The Morgan fingerprint density at radius 2 is 2.30 bits per heavy atom. The van der Waals surface area contributed by atoms with E-state index in [1.807, 2.05) is 31.2 Å². The number of imidazole rings is 1. The van der Waals surface area contributed by atoms with Crippen LogP contribution in [0, 0.1) is 18.3 Å². The first-order valence-corrected chi connectivity index (χ1v) is 6.98. The number of nitriles is 1. The Hall–Kier alpha value is -2.26. The molecule has 0 spiro atoms. The van der Waals surface area contributed by atoms with E-state index in [9.17, 15) is 4.79 Å². The molecule has 0 fully saturated rings. The summed E-state index contributed by atoms with van der Waals surface area (Å²) >= 11 is 1.26. The quantitative estimate of drug-likeness (QED) is 0.511. The van der Waals surface area contributed by atoms with Gasteiger partial charge in [0.2, 0.25) is 0 Å². The standard InChI is InChI=1S/C14H14N4OS/c1-8-3-4-11-12(5-8)18-14(17-11)20-7-13(19)10(6-15)9(2)16/h3-5H,7,16H2,1-2H3,(H,17,18)/b10-9-. The molecule has 2 aromatic rings. The summed E-state index contributed by atoms with van der Waals surface area (Å²) in [7, 11) is 0. The molecule has 1 heterocycles. The number of rotatable bonds is 4. The van der Waals surface area contributed by atoms with Crippen LogP contribution in [0.25, 0.3) is 11.0 Å². The second-order valence-electron chi connectivity index (χ2n) is 4.44. The van der Waals surface area contributed by atoms with Gasteiger partial charge in [0.25, 0.3) is 0 Å². The Labute approximate surface area is 120 Å². The van der Waals surface area contributed by atoms with Gasteiger partial charge in [-0.15, -0.1) is 0 Å². The van der Waals surface area contributed by atoms with Gasteiger partial charge >= 0.3 is 0 Å². The molecule has 0 aliphatic rings. The summed E-state index contributed by atoms with van der Waals surface area (Å²) in [6.07, 6.45) is 0. The van der Waals surface area contributed by atoms with Crippen molar-refractivity contribution in [3.63, 3.8) is 0 Å². The number of nitrogens with zero attached hydrogens (tertiary/aromatic N) is 2. The van der Waals surface area contributed by atoms with Gasteiger partial charge in [0.15, 0.2) is 10.9 Å². The lowest BCUT2D eigenvalue weighted by atomic mass is 10.2. The van der Waals surface area contributed by atoms with Gasteiger partial charge in [-0.1, -0.05) is 17.8 Å². The van der Waals surface area contributed by atoms with Crippen LogP contribution in [0.1, 0.15) is 12.5 Å². The molecule has 0 amide bonds. The fourth-order valence-electron chi connectivity index (χ4n) is 1.74. The molecule has 2 rings (SSSR count). The van der Waals surface area contributed by atoms with E-state index in [1.165, 1.54) is 11.8 Å². The number of hydrogen-bond acceptors (Lipinski definition) is 5. The first-order chi connectivity index (χ1) is 9.51. The first-order valence-electron chi connectivity index (χ1n) is 6.00. The van der Waals surface area contributed by atoms with E-state index >= 15 is 0 Å². The lowest BCUT2D eigenvalue weighted by molar-refractivity contribution is -0.112. The smallest absolute Gasteiger partial charge is 0.185 e. The van der Waals surface area contributed by atoms with E-state index in [0.29, 0.717) is 5.16 Å². The molecule has 0 aliphatic carbocycles. The summed E-state index contributed by atoms with van der Waals surface area (Å²) in [5, 5.41) is 9.53. The molecule has 1 aromatic heterocycles. The summed E-state index contributed by atoms with van der Waals surface area (Å²) < 4.78 is 0. The maximum absolute atomic E-state index is 11.8. The number of carbonyl (C=O) groups excluding carboxylic acids is 1. The number of nitrogens with two attached hydrogens (primary N) is 1. The number of benzene rings is 1. The number of fused-ring (bicyclic) bond motifs is 1. The number of carbonyl (C=O) groups is 1. The van der Waals surface area contributed by atoms with Gasteiger partial charge in [0, 0.05) is 5.70 Å². The van der Waals surface area contributed by atoms with E-state index in [4.69, 9.17) is 11.0 Å². The van der Waals surface area contributed by atoms with Crippen LogP contribution in [0.3, 0.4) is 0 Å². The van der Waals surface area contributed by atoms with Crippen molar-refractivity contribution in [3.8, 4) is 6.07 Å². The third-order valence-electron chi connectivity index (χ3n) is 2.74. The molecule has 0 unspecified atom stereocenters. The van der Waals surface area contributed by atoms with Crippen molar-refractivity contribution in [3.05, 3.63) is 35.0 Å². The number of thioether (sulfide) groups is 1. The molecule has 0 saturated heterocycles. The zero-order valence-corrected chi connectivity index (χ0v) is 12.0. The van der Waals surface area contributed by atoms with Crippen LogP contribution in [0.15, 0.2) is 34.6 Å². The number of aromatic nitrogens is 2. The topological polar surface area (TPSA) is 95.6 Å². The minimum Gasteiger partial charge on any atom is -0.401 e. The number of ketones is 1. The van der Waals surface area contributed by atoms with Crippen LogP contribution >= 0.6 is 11.8 Å². The van der Waals surface area contributed by atoms with Crippen molar-refractivity contribution in [2.24, 2.45) is 5.73 Å². The van der Waals surface area contributed by atoms with Crippen LogP contribution in [0.2, 0.25) is 0 Å².